The molecule has 1 aromatic heterocycles. The van der Waals surface area contributed by atoms with Crippen LogP contribution in [0.2, 0.25) is 0 Å². The summed E-state index contributed by atoms with van der Waals surface area (Å²) in [5.74, 6) is -0.257. The second-order valence-electron chi connectivity index (χ2n) is 6.01. The minimum atomic E-state index is -0.840. The minimum Gasteiger partial charge on any atom is -0.478 e. The van der Waals surface area contributed by atoms with Crippen molar-refractivity contribution in [1.82, 2.24) is 9.47 Å². The zero-order valence-corrected chi connectivity index (χ0v) is 12.9. The van der Waals surface area contributed by atoms with Gasteiger partial charge >= 0.3 is 5.97 Å². The Labute approximate surface area is 116 Å². The molecule has 1 unspecified atom stereocenters. The fourth-order valence-electron chi connectivity index (χ4n) is 2.78. The molecule has 0 saturated heterocycles. The van der Waals surface area contributed by atoms with Crippen LogP contribution in [0.15, 0.2) is 6.07 Å². The quantitative estimate of drug-likeness (QED) is 0.861. The van der Waals surface area contributed by atoms with Gasteiger partial charge in [0, 0.05) is 24.0 Å². The van der Waals surface area contributed by atoms with E-state index in [9.17, 15) is 9.90 Å². The van der Waals surface area contributed by atoms with Crippen LogP contribution in [-0.2, 0) is 0 Å². The van der Waals surface area contributed by atoms with Gasteiger partial charge in [-0.15, -0.1) is 0 Å². The van der Waals surface area contributed by atoms with E-state index in [-0.39, 0.29) is 0 Å². The Kier molecular flexibility index (Phi) is 5.18. The van der Waals surface area contributed by atoms with Gasteiger partial charge in [-0.2, -0.15) is 0 Å². The van der Waals surface area contributed by atoms with E-state index in [1.165, 1.54) is 0 Å². The minimum absolute atomic E-state index is 0.322. The van der Waals surface area contributed by atoms with E-state index in [0.717, 1.165) is 24.4 Å². The third-order valence-electron chi connectivity index (χ3n) is 3.40. The van der Waals surface area contributed by atoms with Crippen LogP contribution in [0, 0.1) is 19.8 Å². The van der Waals surface area contributed by atoms with Crippen LogP contribution in [0.3, 0.4) is 0 Å². The van der Waals surface area contributed by atoms with Crippen molar-refractivity contribution in [1.29, 1.82) is 0 Å². The molecule has 0 radical (unpaired) electrons. The Bertz CT molecular complexity index is 437. The van der Waals surface area contributed by atoms with E-state index in [2.05, 4.69) is 37.4 Å². The lowest BCUT2D eigenvalue weighted by Gasteiger charge is -2.27. The highest BCUT2D eigenvalue weighted by Crippen LogP contribution is 2.26. The first-order valence-electron chi connectivity index (χ1n) is 6.80. The normalized spacial score (nSPS) is 13.3. The van der Waals surface area contributed by atoms with Gasteiger partial charge in [0.15, 0.2) is 0 Å². The number of aryl methyl sites for hydroxylation is 1. The molecule has 0 amide bonds. The summed E-state index contributed by atoms with van der Waals surface area (Å²) in [5, 5.41) is 9.23. The monoisotopic (exact) mass is 266 g/mol. The number of hydrogen-bond donors (Lipinski definition) is 1. The van der Waals surface area contributed by atoms with Crippen LogP contribution < -0.4 is 0 Å². The molecule has 1 atom stereocenters. The molecule has 0 fully saturated rings. The Morgan fingerprint density at radius 2 is 1.95 bits per heavy atom. The molecule has 0 spiro atoms. The molecule has 1 N–H and O–H groups in total. The number of nitrogens with zero attached hydrogens (tertiary/aromatic N) is 2. The molecule has 4 heteroatoms. The SMILES string of the molecule is Cc1cc(C(=O)O)c(C)n1C(CC(C)C)CN(C)C. The van der Waals surface area contributed by atoms with E-state index in [4.69, 9.17) is 0 Å². The summed E-state index contributed by atoms with van der Waals surface area (Å²) in [7, 11) is 4.11. The standard InChI is InChI=1S/C15H26N2O2/c1-10(2)7-13(9-16(5)6)17-11(3)8-14(12(17)4)15(18)19/h8,10,13H,7,9H2,1-6H3,(H,18,19). The van der Waals surface area contributed by atoms with Gasteiger partial charge in [-0.1, -0.05) is 13.8 Å². The van der Waals surface area contributed by atoms with Crippen molar-refractivity contribution < 1.29 is 9.90 Å². The van der Waals surface area contributed by atoms with Crippen LogP contribution in [0.4, 0.5) is 0 Å². The number of carboxylic acid groups (broad SMARTS) is 1. The first kappa shape index (κ1) is 15.8. The molecule has 0 bridgehead atoms. The second kappa shape index (κ2) is 6.24. The molecule has 108 valence electrons. The number of carboxylic acids is 1. The van der Waals surface area contributed by atoms with Crippen molar-refractivity contribution >= 4 is 5.97 Å². The predicted molar refractivity (Wildman–Crippen MR) is 77.9 cm³/mol. The predicted octanol–water partition coefficient (Wildman–Crippen LogP) is 2.95. The molecule has 0 aromatic carbocycles. The molecular formula is C15H26N2O2. The van der Waals surface area contributed by atoms with Crippen molar-refractivity contribution in [3.8, 4) is 0 Å². The number of aromatic nitrogens is 1. The van der Waals surface area contributed by atoms with Crippen LogP contribution in [0.25, 0.3) is 0 Å². The average Bonchev–Trinajstić information content (AvgIpc) is 2.52. The maximum Gasteiger partial charge on any atom is 0.337 e. The first-order valence-corrected chi connectivity index (χ1v) is 6.80. The number of hydrogen-bond acceptors (Lipinski definition) is 2. The van der Waals surface area contributed by atoms with Crippen molar-refractivity contribution in [3.63, 3.8) is 0 Å². The van der Waals surface area contributed by atoms with Gasteiger partial charge in [0.2, 0.25) is 0 Å². The Hall–Kier alpha value is -1.29. The maximum absolute atomic E-state index is 11.2. The lowest BCUT2D eigenvalue weighted by molar-refractivity contribution is 0.0696. The molecule has 0 aliphatic heterocycles. The third-order valence-corrected chi connectivity index (χ3v) is 3.40. The molecule has 0 aliphatic rings. The fourth-order valence-corrected chi connectivity index (χ4v) is 2.78. The molecule has 1 heterocycles. The zero-order chi connectivity index (χ0) is 14.7. The molecule has 0 saturated carbocycles. The van der Waals surface area contributed by atoms with E-state index >= 15 is 0 Å². The number of likely N-dealkylation sites (N-methyl/N-ethyl adjacent to an activating group) is 1. The summed E-state index contributed by atoms with van der Waals surface area (Å²) in [6.07, 6.45) is 1.05. The van der Waals surface area contributed by atoms with E-state index in [1.807, 2.05) is 13.8 Å². The van der Waals surface area contributed by atoms with Gasteiger partial charge in [-0.3, -0.25) is 0 Å². The molecule has 4 nitrogen and oxygen atoms in total. The van der Waals surface area contributed by atoms with Gasteiger partial charge in [0.05, 0.1) is 5.56 Å². The summed E-state index contributed by atoms with van der Waals surface area (Å²) in [6.45, 7) is 9.22. The van der Waals surface area contributed by atoms with Gasteiger partial charge in [0.25, 0.3) is 0 Å². The van der Waals surface area contributed by atoms with Crippen molar-refractivity contribution in [2.45, 2.75) is 40.2 Å². The largest absolute Gasteiger partial charge is 0.478 e. The highest BCUT2D eigenvalue weighted by atomic mass is 16.4. The maximum atomic E-state index is 11.2. The lowest BCUT2D eigenvalue weighted by atomic mass is 10.0. The summed E-state index contributed by atoms with van der Waals surface area (Å²) in [5.41, 5.74) is 2.31. The highest BCUT2D eigenvalue weighted by molar-refractivity contribution is 5.89. The van der Waals surface area contributed by atoms with E-state index < -0.39 is 5.97 Å². The second-order valence-corrected chi connectivity index (χ2v) is 6.01. The number of carbonyl (C=O) groups is 1. The molecular weight excluding hydrogens is 240 g/mol. The van der Waals surface area contributed by atoms with Crippen LogP contribution >= 0.6 is 0 Å². The molecule has 1 rings (SSSR count). The summed E-state index contributed by atoms with van der Waals surface area (Å²) in [4.78, 5) is 13.4. The summed E-state index contributed by atoms with van der Waals surface area (Å²) < 4.78 is 2.18. The zero-order valence-electron chi connectivity index (χ0n) is 12.9. The van der Waals surface area contributed by atoms with Crippen molar-refractivity contribution in [2.75, 3.05) is 20.6 Å². The van der Waals surface area contributed by atoms with Gasteiger partial charge in [-0.25, -0.2) is 4.79 Å². The topological polar surface area (TPSA) is 45.5 Å². The van der Waals surface area contributed by atoms with Crippen LogP contribution in [0.1, 0.15) is 48.1 Å². The van der Waals surface area contributed by atoms with E-state index in [1.54, 1.807) is 6.07 Å². The van der Waals surface area contributed by atoms with Crippen LogP contribution in [-0.4, -0.2) is 41.2 Å². The molecule has 0 aliphatic carbocycles. The van der Waals surface area contributed by atoms with Gasteiger partial charge in [-0.05, 0) is 46.3 Å². The number of aromatic carboxylic acids is 1. The van der Waals surface area contributed by atoms with Crippen LogP contribution in [0.5, 0.6) is 0 Å². The third kappa shape index (κ3) is 3.83. The van der Waals surface area contributed by atoms with E-state index in [0.29, 0.717) is 17.5 Å². The van der Waals surface area contributed by atoms with Gasteiger partial charge < -0.3 is 14.6 Å². The molecule has 19 heavy (non-hydrogen) atoms. The summed E-state index contributed by atoms with van der Waals surface area (Å²) >= 11 is 0. The Morgan fingerprint density at radius 3 is 2.32 bits per heavy atom. The Balaban J connectivity index is 3.17. The molecule has 1 aromatic rings. The Morgan fingerprint density at radius 1 is 1.37 bits per heavy atom. The van der Waals surface area contributed by atoms with Crippen molar-refractivity contribution in [2.24, 2.45) is 5.92 Å². The first-order chi connectivity index (χ1) is 8.73. The smallest absolute Gasteiger partial charge is 0.337 e. The lowest BCUT2D eigenvalue weighted by Crippen LogP contribution is -2.27. The van der Waals surface area contributed by atoms with Gasteiger partial charge in [0.1, 0.15) is 0 Å². The fraction of sp³-hybridized carbons (Fsp3) is 0.667. The summed E-state index contributed by atoms with van der Waals surface area (Å²) in [6, 6.07) is 2.10. The van der Waals surface area contributed by atoms with Crippen molar-refractivity contribution in [3.05, 3.63) is 23.0 Å². The average molecular weight is 266 g/mol. The highest BCUT2D eigenvalue weighted by Gasteiger charge is 2.21. The number of rotatable bonds is 6.